The van der Waals surface area contributed by atoms with Crippen molar-refractivity contribution in [1.82, 2.24) is 14.9 Å². The summed E-state index contributed by atoms with van der Waals surface area (Å²) in [6.45, 7) is 11.2. The number of aromatic nitrogens is 3. The van der Waals surface area contributed by atoms with Crippen LogP contribution >= 0.6 is 11.8 Å². The molecular formula is C25H33N5O4S. The Hall–Kier alpha value is -3.40. The molecule has 3 rings (SSSR count). The molecule has 3 N–H and O–H groups in total. The number of rotatable bonds is 12. The zero-order chi connectivity index (χ0) is 25.4. The van der Waals surface area contributed by atoms with E-state index < -0.39 is 0 Å². The lowest BCUT2D eigenvalue weighted by atomic mass is 10.0. The highest BCUT2D eigenvalue weighted by Gasteiger charge is 2.15. The smallest absolute Gasteiger partial charge is 0.234 e. The van der Waals surface area contributed by atoms with Crippen molar-refractivity contribution in [2.45, 2.75) is 52.3 Å². The van der Waals surface area contributed by atoms with Crippen molar-refractivity contribution in [2.24, 2.45) is 0 Å². The highest BCUT2D eigenvalue weighted by atomic mass is 32.2. The van der Waals surface area contributed by atoms with E-state index in [0.29, 0.717) is 47.3 Å². The summed E-state index contributed by atoms with van der Waals surface area (Å²) < 4.78 is 18.5. The van der Waals surface area contributed by atoms with Crippen molar-refractivity contribution in [2.75, 3.05) is 30.1 Å². The van der Waals surface area contributed by atoms with Crippen molar-refractivity contribution < 1.29 is 19.0 Å². The van der Waals surface area contributed by atoms with Gasteiger partial charge in [0, 0.05) is 11.8 Å². The fraction of sp³-hybridized carbons (Fsp3) is 0.400. The van der Waals surface area contributed by atoms with Crippen LogP contribution in [0.4, 0.5) is 5.69 Å². The Balaban J connectivity index is 1.58. The van der Waals surface area contributed by atoms with E-state index in [-0.39, 0.29) is 18.3 Å². The van der Waals surface area contributed by atoms with Gasteiger partial charge in [-0.15, -0.1) is 10.2 Å². The number of nitrogens with zero attached hydrogens (tertiary/aromatic N) is 3. The lowest BCUT2D eigenvalue weighted by molar-refractivity contribution is -0.113. The second kappa shape index (κ2) is 12.3. The van der Waals surface area contributed by atoms with Gasteiger partial charge in [0.05, 0.1) is 19.0 Å². The summed E-state index contributed by atoms with van der Waals surface area (Å²) in [5, 5.41) is 11.5. The highest BCUT2D eigenvalue weighted by molar-refractivity contribution is 7.99. The number of nitrogen functional groups attached to an aromatic ring is 1. The van der Waals surface area contributed by atoms with Crippen LogP contribution in [0.2, 0.25) is 0 Å². The minimum atomic E-state index is -0.205. The van der Waals surface area contributed by atoms with E-state index in [0.717, 1.165) is 16.9 Å². The average molecular weight is 500 g/mol. The van der Waals surface area contributed by atoms with Gasteiger partial charge in [-0.1, -0.05) is 37.7 Å². The Morgan fingerprint density at radius 3 is 2.49 bits per heavy atom. The predicted octanol–water partition coefficient (Wildman–Crippen LogP) is 4.53. The molecule has 0 bridgehead atoms. The van der Waals surface area contributed by atoms with Crippen molar-refractivity contribution in [1.29, 1.82) is 0 Å². The third-order valence-electron chi connectivity index (χ3n) is 5.04. The number of thioether (sulfide) groups is 1. The van der Waals surface area contributed by atoms with Crippen LogP contribution in [0.3, 0.4) is 0 Å². The molecule has 0 atom stereocenters. The molecule has 35 heavy (non-hydrogen) atoms. The molecular weight excluding hydrogens is 466 g/mol. The molecule has 0 aliphatic rings. The van der Waals surface area contributed by atoms with Gasteiger partial charge in [-0.3, -0.25) is 4.79 Å². The van der Waals surface area contributed by atoms with Crippen LogP contribution in [-0.4, -0.2) is 39.7 Å². The number of ether oxygens (including phenoxy) is 3. The molecule has 1 aromatic heterocycles. The van der Waals surface area contributed by atoms with E-state index in [2.05, 4.69) is 41.5 Å². The maximum Gasteiger partial charge on any atom is 0.234 e. The fourth-order valence-corrected chi connectivity index (χ4v) is 4.02. The molecule has 0 saturated heterocycles. The highest BCUT2D eigenvalue weighted by Crippen LogP contribution is 2.31. The van der Waals surface area contributed by atoms with Crippen molar-refractivity contribution in [3.63, 3.8) is 0 Å². The number of carbonyl (C=O) groups excluding carboxylic acids is 1. The Kier molecular flexibility index (Phi) is 9.25. The Labute approximate surface area is 210 Å². The van der Waals surface area contributed by atoms with Gasteiger partial charge in [-0.25, -0.2) is 4.68 Å². The first-order chi connectivity index (χ1) is 16.8. The number of hydrogen-bond acceptors (Lipinski definition) is 8. The van der Waals surface area contributed by atoms with Gasteiger partial charge in [-0.2, -0.15) is 0 Å². The van der Waals surface area contributed by atoms with E-state index in [4.69, 9.17) is 20.1 Å². The fourth-order valence-electron chi connectivity index (χ4n) is 3.35. The summed E-state index contributed by atoms with van der Waals surface area (Å²) in [5.41, 5.74) is 2.85. The standard InChI is InChI=1S/C25H33N5O4S/c1-6-32-20-11-9-18(13-22(20)33-7-2)27-24(31)15-35-25-29-28-23(30(25)26)14-34-21-12-17(5)8-10-19(21)16(3)4/h8-13,16H,6-7,14-15,26H2,1-5H3,(H,27,31). The normalized spacial score (nSPS) is 10.9. The van der Waals surface area contributed by atoms with Crippen molar-refractivity contribution in [3.05, 3.63) is 53.3 Å². The number of aryl methyl sites for hydroxylation is 1. The average Bonchev–Trinajstić information content (AvgIpc) is 3.17. The quantitative estimate of drug-likeness (QED) is 0.276. The second-order valence-electron chi connectivity index (χ2n) is 8.12. The van der Waals surface area contributed by atoms with Crippen molar-refractivity contribution in [3.8, 4) is 17.2 Å². The van der Waals surface area contributed by atoms with Crippen LogP contribution in [-0.2, 0) is 11.4 Å². The Morgan fingerprint density at radius 2 is 1.77 bits per heavy atom. The number of benzene rings is 2. The maximum atomic E-state index is 12.5. The van der Waals surface area contributed by atoms with Gasteiger partial charge in [0.25, 0.3) is 0 Å². The van der Waals surface area contributed by atoms with Crippen LogP contribution in [0.25, 0.3) is 0 Å². The van der Waals surface area contributed by atoms with Crippen LogP contribution in [0.1, 0.15) is 50.6 Å². The number of nitrogens with one attached hydrogen (secondary N) is 1. The molecule has 1 heterocycles. The lowest BCUT2D eigenvalue weighted by Crippen LogP contribution is -2.18. The van der Waals surface area contributed by atoms with Crippen LogP contribution in [0.15, 0.2) is 41.6 Å². The monoisotopic (exact) mass is 499 g/mol. The molecule has 0 unspecified atom stereocenters. The largest absolute Gasteiger partial charge is 0.490 e. The summed E-state index contributed by atoms with van der Waals surface area (Å²) >= 11 is 1.19. The molecule has 3 aromatic rings. The molecule has 10 heteroatoms. The van der Waals surface area contributed by atoms with Gasteiger partial charge >= 0.3 is 0 Å². The van der Waals surface area contributed by atoms with Gasteiger partial charge < -0.3 is 25.4 Å². The zero-order valence-corrected chi connectivity index (χ0v) is 21.6. The molecule has 2 aromatic carbocycles. The Morgan fingerprint density at radius 1 is 1.03 bits per heavy atom. The zero-order valence-electron chi connectivity index (χ0n) is 20.8. The first-order valence-electron chi connectivity index (χ1n) is 11.6. The maximum absolute atomic E-state index is 12.5. The van der Waals surface area contributed by atoms with Crippen LogP contribution in [0, 0.1) is 6.92 Å². The predicted molar refractivity (Wildman–Crippen MR) is 138 cm³/mol. The lowest BCUT2D eigenvalue weighted by Gasteiger charge is -2.14. The molecule has 0 fully saturated rings. The van der Waals surface area contributed by atoms with E-state index in [1.54, 1.807) is 18.2 Å². The van der Waals surface area contributed by atoms with E-state index in [1.165, 1.54) is 16.4 Å². The molecule has 0 spiro atoms. The minimum Gasteiger partial charge on any atom is -0.490 e. The minimum absolute atomic E-state index is 0.114. The van der Waals surface area contributed by atoms with Crippen LogP contribution < -0.4 is 25.4 Å². The molecule has 188 valence electrons. The van der Waals surface area contributed by atoms with E-state index in [1.807, 2.05) is 26.8 Å². The number of carbonyl (C=O) groups is 1. The van der Waals surface area contributed by atoms with Crippen LogP contribution in [0.5, 0.6) is 17.2 Å². The number of nitrogens with two attached hydrogens (primary N) is 1. The SMILES string of the molecule is CCOc1ccc(NC(=O)CSc2nnc(COc3cc(C)ccc3C(C)C)n2N)cc1OCC. The number of hydrogen-bond donors (Lipinski definition) is 2. The molecule has 0 aliphatic heterocycles. The summed E-state index contributed by atoms with van der Waals surface area (Å²) in [5.74, 6) is 8.89. The Bertz CT molecular complexity index is 1150. The van der Waals surface area contributed by atoms with Gasteiger partial charge in [0.1, 0.15) is 12.4 Å². The topological polar surface area (TPSA) is 114 Å². The third kappa shape index (κ3) is 7.05. The first kappa shape index (κ1) is 26.2. The summed E-state index contributed by atoms with van der Waals surface area (Å²) in [6.07, 6.45) is 0. The van der Waals surface area contributed by atoms with Gasteiger partial charge in [0.2, 0.25) is 11.1 Å². The molecule has 1 amide bonds. The molecule has 0 saturated carbocycles. The summed E-state index contributed by atoms with van der Waals surface area (Å²) in [4.78, 5) is 12.5. The molecule has 0 aliphatic carbocycles. The number of anilines is 1. The molecule has 9 nitrogen and oxygen atoms in total. The third-order valence-corrected chi connectivity index (χ3v) is 5.99. The van der Waals surface area contributed by atoms with E-state index >= 15 is 0 Å². The summed E-state index contributed by atoms with van der Waals surface area (Å²) in [6, 6.07) is 11.4. The summed E-state index contributed by atoms with van der Waals surface area (Å²) in [7, 11) is 0. The molecule has 0 radical (unpaired) electrons. The van der Waals surface area contributed by atoms with Gasteiger partial charge in [0.15, 0.2) is 17.3 Å². The first-order valence-corrected chi connectivity index (χ1v) is 12.6. The second-order valence-corrected chi connectivity index (χ2v) is 9.06. The van der Waals surface area contributed by atoms with Crippen molar-refractivity contribution >= 4 is 23.4 Å². The van der Waals surface area contributed by atoms with Gasteiger partial charge in [-0.05, 0) is 56.0 Å². The number of amides is 1. The van der Waals surface area contributed by atoms with E-state index in [9.17, 15) is 4.79 Å².